The highest BCUT2D eigenvalue weighted by molar-refractivity contribution is 5.85. The van der Waals surface area contributed by atoms with Gasteiger partial charge < -0.3 is 11.1 Å². The van der Waals surface area contributed by atoms with Gasteiger partial charge in [-0.05, 0) is 19.3 Å². The summed E-state index contributed by atoms with van der Waals surface area (Å²) in [5.41, 5.74) is 5.52. The molecule has 12 heavy (non-hydrogen) atoms. The molecule has 0 aromatic heterocycles. The number of hydrogen-bond donors (Lipinski definition) is 2. The van der Waals surface area contributed by atoms with Gasteiger partial charge >= 0.3 is 0 Å². The summed E-state index contributed by atoms with van der Waals surface area (Å²) in [5, 5.41) is 2.67. The van der Waals surface area contributed by atoms with E-state index in [1.807, 2.05) is 6.92 Å². The van der Waals surface area contributed by atoms with Crippen LogP contribution in [0.3, 0.4) is 0 Å². The minimum absolute atomic E-state index is 0. The summed E-state index contributed by atoms with van der Waals surface area (Å²) in [7, 11) is 1.68. The Morgan fingerprint density at radius 2 is 2.25 bits per heavy atom. The molecule has 0 aromatic rings. The van der Waals surface area contributed by atoms with Crippen molar-refractivity contribution in [3.05, 3.63) is 0 Å². The molecule has 3 nitrogen and oxygen atoms in total. The van der Waals surface area contributed by atoms with Crippen LogP contribution in [-0.2, 0) is 4.79 Å². The van der Waals surface area contributed by atoms with Gasteiger partial charge in [-0.3, -0.25) is 4.79 Å². The van der Waals surface area contributed by atoms with Gasteiger partial charge in [0.2, 0.25) is 5.91 Å². The number of rotatable bonds is 1. The molecule has 3 N–H and O–H groups in total. The number of nitrogens with two attached hydrogens (primary N) is 1. The number of nitrogens with one attached hydrogen (secondary N) is 1. The summed E-state index contributed by atoms with van der Waals surface area (Å²) in [4.78, 5) is 11.3. The molecule has 4 heteroatoms. The second-order valence-corrected chi connectivity index (χ2v) is 3.64. The van der Waals surface area contributed by atoms with Crippen molar-refractivity contribution in [1.29, 1.82) is 0 Å². The van der Waals surface area contributed by atoms with Crippen molar-refractivity contribution in [1.82, 2.24) is 5.32 Å². The van der Waals surface area contributed by atoms with Crippen molar-refractivity contribution in [3.63, 3.8) is 0 Å². The van der Waals surface area contributed by atoms with Crippen LogP contribution in [0, 0.1) is 5.41 Å². The monoisotopic (exact) mass is 192 g/mol. The Hall–Kier alpha value is -0.280. The molecule has 1 unspecified atom stereocenters. The highest BCUT2D eigenvalue weighted by Crippen LogP contribution is 2.36. The van der Waals surface area contributed by atoms with Gasteiger partial charge in [0.15, 0.2) is 0 Å². The molecule has 1 aliphatic rings. The number of hydrogen-bond acceptors (Lipinski definition) is 2. The fourth-order valence-corrected chi connectivity index (χ4v) is 1.79. The van der Waals surface area contributed by atoms with Crippen molar-refractivity contribution < 1.29 is 4.79 Å². The summed E-state index contributed by atoms with van der Waals surface area (Å²) in [5.74, 6) is 0.130. The van der Waals surface area contributed by atoms with Crippen molar-refractivity contribution in [3.8, 4) is 0 Å². The molecule has 1 fully saturated rings. The lowest BCUT2D eigenvalue weighted by Crippen LogP contribution is -2.35. The second kappa shape index (κ2) is 4.10. The maximum Gasteiger partial charge on any atom is 0.225 e. The van der Waals surface area contributed by atoms with Crippen LogP contribution in [0.5, 0.6) is 0 Å². The SMILES string of the molecule is CNC(=O)[C@]1(C)CCC(N)C1.Cl. The zero-order chi connectivity index (χ0) is 8.48. The summed E-state index contributed by atoms with van der Waals surface area (Å²) in [6.45, 7) is 1.98. The van der Waals surface area contributed by atoms with Gasteiger partial charge in [0.1, 0.15) is 0 Å². The molecule has 0 spiro atoms. The summed E-state index contributed by atoms with van der Waals surface area (Å²) in [6.07, 6.45) is 2.73. The molecular formula is C8H17ClN2O. The lowest BCUT2D eigenvalue weighted by atomic mass is 9.87. The second-order valence-electron chi connectivity index (χ2n) is 3.64. The first kappa shape index (κ1) is 11.7. The average molecular weight is 193 g/mol. The van der Waals surface area contributed by atoms with E-state index in [0.29, 0.717) is 0 Å². The highest BCUT2D eigenvalue weighted by Gasteiger charge is 2.39. The Kier molecular flexibility index (Phi) is 4.00. The van der Waals surface area contributed by atoms with E-state index in [1.165, 1.54) is 0 Å². The van der Waals surface area contributed by atoms with Gasteiger partial charge in [-0.25, -0.2) is 0 Å². The molecule has 1 amide bonds. The van der Waals surface area contributed by atoms with E-state index in [0.717, 1.165) is 19.3 Å². The minimum atomic E-state index is -0.200. The van der Waals surface area contributed by atoms with E-state index in [9.17, 15) is 4.79 Å². The Morgan fingerprint density at radius 1 is 1.67 bits per heavy atom. The van der Waals surface area contributed by atoms with Crippen LogP contribution in [0.4, 0.5) is 0 Å². The quantitative estimate of drug-likeness (QED) is 0.642. The van der Waals surface area contributed by atoms with Gasteiger partial charge in [-0.15, -0.1) is 12.4 Å². The van der Waals surface area contributed by atoms with Crippen LogP contribution >= 0.6 is 12.4 Å². The lowest BCUT2D eigenvalue weighted by molar-refractivity contribution is -0.129. The van der Waals surface area contributed by atoms with Gasteiger partial charge in [0.25, 0.3) is 0 Å². The van der Waals surface area contributed by atoms with E-state index in [-0.39, 0.29) is 29.8 Å². The van der Waals surface area contributed by atoms with Crippen molar-refractivity contribution in [2.45, 2.75) is 32.2 Å². The van der Waals surface area contributed by atoms with Gasteiger partial charge in [0, 0.05) is 18.5 Å². The van der Waals surface area contributed by atoms with Crippen LogP contribution in [0.2, 0.25) is 0 Å². The Morgan fingerprint density at radius 3 is 2.58 bits per heavy atom. The van der Waals surface area contributed by atoms with Crippen LogP contribution in [0.1, 0.15) is 26.2 Å². The topological polar surface area (TPSA) is 55.1 Å². The summed E-state index contributed by atoms with van der Waals surface area (Å²) < 4.78 is 0. The molecule has 0 saturated heterocycles. The van der Waals surface area contributed by atoms with Crippen LogP contribution < -0.4 is 11.1 Å². The maximum absolute atomic E-state index is 11.3. The molecule has 72 valence electrons. The Bertz CT molecular complexity index is 174. The third-order valence-corrected chi connectivity index (χ3v) is 2.55. The van der Waals surface area contributed by atoms with Gasteiger partial charge in [0.05, 0.1) is 0 Å². The molecule has 1 aliphatic carbocycles. The number of carbonyl (C=O) groups excluding carboxylic acids is 1. The van der Waals surface area contributed by atoms with E-state index >= 15 is 0 Å². The van der Waals surface area contributed by atoms with Crippen molar-refractivity contribution >= 4 is 18.3 Å². The van der Waals surface area contributed by atoms with Crippen molar-refractivity contribution in [2.75, 3.05) is 7.05 Å². The average Bonchev–Trinajstić information content (AvgIpc) is 2.31. The number of amides is 1. The highest BCUT2D eigenvalue weighted by atomic mass is 35.5. The fraction of sp³-hybridized carbons (Fsp3) is 0.875. The van der Waals surface area contributed by atoms with Crippen LogP contribution in [0.25, 0.3) is 0 Å². The number of carbonyl (C=O) groups is 1. The first-order chi connectivity index (χ1) is 5.08. The van der Waals surface area contributed by atoms with Crippen LogP contribution in [0.15, 0.2) is 0 Å². The van der Waals surface area contributed by atoms with Crippen molar-refractivity contribution in [2.24, 2.45) is 11.1 Å². The first-order valence-electron chi connectivity index (χ1n) is 4.06. The van der Waals surface area contributed by atoms with E-state index in [4.69, 9.17) is 5.73 Å². The first-order valence-corrected chi connectivity index (χ1v) is 4.06. The molecule has 0 aliphatic heterocycles. The summed E-state index contributed by atoms with van der Waals surface area (Å²) >= 11 is 0. The van der Waals surface area contributed by atoms with E-state index in [2.05, 4.69) is 5.32 Å². The third kappa shape index (κ3) is 2.11. The van der Waals surface area contributed by atoms with E-state index in [1.54, 1.807) is 7.05 Å². The summed E-state index contributed by atoms with van der Waals surface area (Å²) in [6, 6.07) is 0.220. The fourth-order valence-electron chi connectivity index (χ4n) is 1.79. The number of halogens is 1. The standard InChI is InChI=1S/C8H16N2O.ClH/c1-8(7(11)10-2)4-3-6(9)5-8;/h6H,3-5,9H2,1-2H3,(H,10,11);1H/t6?,8-;/m1./s1. The smallest absolute Gasteiger partial charge is 0.225 e. The Balaban J connectivity index is 0.00000121. The predicted molar refractivity (Wildman–Crippen MR) is 51.2 cm³/mol. The molecule has 1 rings (SSSR count). The molecule has 0 heterocycles. The predicted octanol–water partition coefficient (Wildman–Crippen LogP) is 0.672. The molecule has 2 atom stereocenters. The lowest BCUT2D eigenvalue weighted by Gasteiger charge is -2.20. The molecule has 0 radical (unpaired) electrons. The zero-order valence-corrected chi connectivity index (χ0v) is 8.41. The van der Waals surface area contributed by atoms with Gasteiger partial charge in [-0.1, -0.05) is 6.92 Å². The third-order valence-electron chi connectivity index (χ3n) is 2.55. The normalized spacial score (nSPS) is 34.1. The molecule has 1 saturated carbocycles. The Labute approximate surface area is 79.5 Å². The zero-order valence-electron chi connectivity index (χ0n) is 7.59. The maximum atomic E-state index is 11.3. The van der Waals surface area contributed by atoms with Gasteiger partial charge in [-0.2, -0.15) is 0 Å². The van der Waals surface area contributed by atoms with E-state index < -0.39 is 0 Å². The minimum Gasteiger partial charge on any atom is -0.359 e. The van der Waals surface area contributed by atoms with Crippen LogP contribution in [-0.4, -0.2) is 19.0 Å². The molecule has 0 aromatic carbocycles. The largest absolute Gasteiger partial charge is 0.359 e. The molecule has 0 bridgehead atoms. The molecular weight excluding hydrogens is 176 g/mol.